The normalized spacial score (nSPS) is 13.0. The minimum atomic E-state index is -0.0431. The van der Waals surface area contributed by atoms with Gasteiger partial charge in [0.25, 0.3) is 0 Å². The van der Waals surface area contributed by atoms with Crippen molar-refractivity contribution in [2.24, 2.45) is 0 Å². The van der Waals surface area contributed by atoms with Crippen molar-refractivity contribution in [1.29, 1.82) is 0 Å². The Balaban J connectivity index is 1.21. The topological polar surface area (TPSA) is 38.7 Å². The molecule has 3 nitrogen and oxygen atoms in total. The Morgan fingerprint density at radius 2 is 0.792 bits per heavy atom. The van der Waals surface area contributed by atoms with Gasteiger partial charge in [0.05, 0.1) is 0 Å². The molecule has 0 fully saturated rings. The van der Waals surface area contributed by atoms with E-state index in [4.69, 9.17) is 15.0 Å². The number of aromatic nitrogens is 3. The summed E-state index contributed by atoms with van der Waals surface area (Å²) in [7, 11) is 0. The van der Waals surface area contributed by atoms with Gasteiger partial charge in [0.2, 0.25) is 0 Å². The molecule has 0 spiro atoms. The molecule has 0 N–H and O–H groups in total. The molecule has 0 amide bonds. The van der Waals surface area contributed by atoms with Crippen molar-refractivity contribution in [3.63, 3.8) is 0 Å². The Kier molecular flexibility index (Phi) is 7.29. The molecule has 8 aromatic carbocycles. The van der Waals surface area contributed by atoms with Gasteiger partial charge >= 0.3 is 0 Å². The largest absolute Gasteiger partial charge is 0.208 e. The molecular weight excluding hydrogens is 643 g/mol. The lowest BCUT2D eigenvalue weighted by Gasteiger charge is -2.30. The SMILES string of the molecule is CCC1(CC)c2ccc(-c3ccccc3)cc2-c2cc3c4ccccc4c4cc(-c5nc(-c6ccccc6)nc(-c6ccccc6)n5)ccc4c3cc21. The molecule has 0 radical (unpaired) electrons. The summed E-state index contributed by atoms with van der Waals surface area (Å²) in [5, 5.41) is 7.51. The average Bonchev–Trinajstić information content (AvgIpc) is 3.52. The summed E-state index contributed by atoms with van der Waals surface area (Å²) in [5.74, 6) is 2.00. The highest BCUT2D eigenvalue weighted by atomic mass is 15.0. The van der Waals surface area contributed by atoms with Crippen LogP contribution in [0.25, 0.3) is 88.7 Å². The quantitative estimate of drug-likeness (QED) is 0.164. The molecule has 10 rings (SSSR count). The molecule has 9 aromatic rings. The van der Waals surface area contributed by atoms with Crippen LogP contribution in [0.4, 0.5) is 0 Å². The second-order valence-electron chi connectivity index (χ2n) is 14.2. The van der Waals surface area contributed by atoms with Gasteiger partial charge in [0.15, 0.2) is 17.5 Å². The van der Waals surface area contributed by atoms with Crippen molar-refractivity contribution < 1.29 is 0 Å². The first-order valence-corrected chi connectivity index (χ1v) is 18.7. The fraction of sp³-hybridized carbons (Fsp3) is 0.100. The molecule has 0 saturated carbocycles. The van der Waals surface area contributed by atoms with Crippen molar-refractivity contribution in [1.82, 2.24) is 15.0 Å². The molecular formula is C50H37N3. The van der Waals surface area contributed by atoms with Crippen LogP contribution in [-0.4, -0.2) is 15.0 Å². The number of hydrogen-bond acceptors (Lipinski definition) is 3. The fourth-order valence-electron chi connectivity index (χ4n) is 8.85. The average molecular weight is 680 g/mol. The van der Waals surface area contributed by atoms with Crippen LogP contribution in [0.1, 0.15) is 37.8 Å². The molecule has 0 aliphatic heterocycles. The van der Waals surface area contributed by atoms with E-state index in [1.165, 1.54) is 65.7 Å². The monoisotopic (exact) mass is 679 g/mol. The van der Waals surface area contributed by atoms with Crippen LogP contribution < -0.4 is 0 Å². The third kappa shape index (κ3) is 4.92. The summed E-state index contributed by atoms with van der Waals surface area (Å²) in [6.07, 6.45) is 2.09. The zero-order valence-corrected chi connectivity index (χ0v) is 29.8. The van der Waals surface area contributed by atoms with Gasteiger partial charge in [-0.1, -0.05) is 153 Å². The highest BCUT2D eigenvalue weighted by Gasteiger charge is 2.41. The molecule has 1 aliphatic carbocycles. The van der Waals surface area contributed by atoms with Crippen molar-refractivity contribution >= 4 is 32.3 Å². The zero-order chi connectivity index (χ0) is 35.5. The first-order chi connectivity index (χ1) is 26.1. The molecule has 1 aromatic heterocycles. The predicted octanol–water partition coefficient (Wildman–Crippen LogP) is 13.1. The second-order valence-corrected chi connectivity index (χ2v) is 14.2. The fourth-order valence-corrected chi connectivity index (χ4v) is 8.85. The van der Waals surface area contributed by atoms with Crippen molar-refractivity contribution in [3.8, 4) is 56.4 Å². The van der Waals surface area contributed by atoms with Gasteiger partial charge < -0.3 is 0 Å². The molecule has 1 heterocycles. The van der Waals surface area contributed by atoms with Gasteiger partial charge in [-0.05, 0) is 103 Å². The number of benzene rings is 8. The first-order valence-electron chi connectivity index (χ1n) is 18.7. The van der Waals surface area contributed by atoms with Crippen molar-refractivity contribution in [3.05, 3.63) is 175 Å². The van der Waals surface area contributed by atoms with Crippen LogP contribution in [0, 0.1) is 0 Å². The third-order valence-electron chi connectivity index (χ3n) is 11.6. The lowest BCUT2D eigenvalue weighted by Crippen LogP contribution is -2.23. The van der Waals surface area contributed by atoms with Crippen LogP contribution >= 0.6 is 0 Å². The Morgan fingerprint density at radius 1 is 0.340 bits per heavy atom. The van der Waals surface area contributed by atoms with Gasteiger partial charge in [-0.25, -0.2) is 15.0 Å². The van der Waals surface area contributed by atoms with Crippen LogP contribution in [0.15, 0.2) is 164 Å². The van der Waals surface area contributed by atoms with Gasteiger partial charge in [0.1, 0.15) is 0 Å². The molecule has 1 aliphatic rings. The van der Waals surface area contributed by atoms with Crippen LogP contribution in [-0.2, 0) is 5.41 Å². The second kappa shape index (κ2) is 12.4. The van der Waals surface area contributed by atoms with E-state index >= 15 is 0 Å². The van der Waals surface area contributed by atoms with Crippen molar-refractivity contribution in [2.45, 2.75) is 32.1 Å². The van der Waals surface area contributed by atoms with Crippen LogP contribution in [0.2, 0.25) is 0 Å². The van der Waals surface area contributed by atoms with Gasteiger partial charge in [-0.3, -0.25) is 0 Å². The maximum Gasteiger partial charge on any atom is 0.164 e. The van der Waals surface area contributed by atoms with E-state index in [2.05, 4.69) is 141 Å². The minimum Gasteiger partial charge on any atom is -0.208 e. The Hall–Kier alpha value is -6.45. The van der Waals surface area contributed by atoms with E-state index in [9.17, 15) is 0 Å². The number of nitrogens with zero attached hydrogens (tertiary/aromatic N) is 3. The smallest absolute Gasteiger partial charge is 0.164 e. The summed E-state index contributed by atoms with van der Waals surface area (Å²) >= 11 is 0. The van der Waals surface area contributed by atoms with Gasteiger partial charge in [-0.15, -0.1) is 0 Å². The lowest BCUT2D eigenvalue weighted by atomic mass is 9.73. The molecule has 3 heteroatoms. The maximum atomic E-state index is 5.07. The summed E-state index contributed by atoms with van der Waals surface area (Å²) in [6.45, 7) is 4.70. The summed E-state index contributed by atoms with van der Waals surface area (Å²) < 4.78 is 0. The summed E-state index contributed by atoms with van der Waals surface area (Å²) in [6, 6.07) is 58.9. The van der Waals surface area contributed by atoms with E-state index in [0.29, 0.717) is 17.5 Å². The maximum absolute atomic E-state index is 5.07. The summed E-state index contributed by atoms with van der Waals surface area (Å²) in [4.78, 5) is 15.1. The molecule has 0 saturated heterocycles. The highest BCUT2D eigenvalue weighted by Crippen LogP contribution is 2.55. The minimum absolute atomic E-state index is 0.0431. The standard InChI is InChI=1S/C50H37N3/c1-3-50(4-2)45-27-25-35(32-16-8-5-9-17-32)28-43(45)44-30-41-38-23-15-14-22-37(38)40-29-36(24-26-39(40)42(41)31-46(44)50)49-52-47(33-18-10-6-11-19-33)51-48(53-49)34-20-12-7-13-21-34/h5-31H,3-4H2,1-2H3. The van der Waals surface area contributed by atoms with E-state index in [0.717, 1.165) is 29.5 Å². The number of hydrogen-bond donors (Lipinski definition) is 0. The molecule has 0 unspecified atom stereocenters. The Bertz CT molecular complexity index is 2780. The van der Waals surface area contributed by atoms with Crippen LogP contribution in [0.5, 0.6) is 0 Å². The zero-order valence-electron chi connectivity index (χ0n) is 29.8. The van der Waals surface area contributed by atoms with Crippen molar-refractivity contribution in [2.75, 3.05) is 0 Å². The Morgan fingerprint density at radius 3 is 1.38 bits per heavy atom. The molecule has 252 valence electrons. The lowest BCUT2D eigenvalue weighted by molar-refractivity contribution is 0.491. The van der Waals surface area contributed by atoms with Crippen LogP contribution in [0.3, 0.4) is 0 Å². The number of rotatable bonds is 6. The Labute approximate surface area is 309 Å². The molecule has 0 atom stereocenters. The van der Waals surface area contributed by atoms with E-state index < -0.39 is 0 Å². The first kappa shape index (κ1) is 31.3. The summed E-state index contributed by atoms with van der Waals surface area (Å²) in [5.41, 5.74) is 11.0. The number of fused-ring (bicyclic) bond motifs is 9. The van der Waals surface area contributed by atoms with Gasteiger partial charge in [0, 0.05) is 22.1 Å². The van der Waals surface area contributed by atoms with E-state index in [-0.39, 0.29) is 5.41 Å². The molecule has 0 bridgehead atoms. The van der Waals surface area contributed by atoms with Gasteiger partial charge in [-0.2, -0.15) is 0 Å². The third-order valence-corrected chi connectivity index (χ3v) is 11.6. The predicted molar refractivity (Wildman–Crippen MR) is 221 cm³/mol. The highest BCUT2D eigenvalue weighted by molar-refractivity contribution is 6.26. The molecule has 53 heavy (non-hydrogen) atoms. The van der Waals surface area contributed by atoms with E-state index in [1.54, 1.807) is 0 Å². The van der Waals surface area contributed by atoms with E-state index in [1.807, 2.05) is 36.4 Å².